The van der Waals surface area contributed by atoms with Crippen LogP contribution in [0.5, 0.6) is 5.75 Å². The Morgan fingerprint density at radius 2 is 1.79 bits per heavy atom. The van der Waals surface area contributed by atoms with Crippen LogP contribution in [-0.2, 0) is 0 Å². The van der Waals surface area contributed by atoms with Gasteiger partial charge in [0.25, 0.3) is 0 Å². The normalized spacial score (nSPS) is 14.6. The van der Waals surface area contributed by atoms with Crippen LogP contribution < -0.4 is 10.5 Å². The fourth-order valence-corrected chi connectivity index (χ4v) is 2.88. The van der Waals surface area contributed by atoms with Gasteiger partial charge < -0.3 is 15.4 Å². The molecule has 0 radical (unpaired) electrons. The van der Waals surface area contributed by atoms with Crippen molar-refractivity contribution >= 4 is 0 Å². The second kappa shape index (κ2) is 6.40. The molecule has 0 amide bonds. The van der Waals surface area contributed by atoms with Gasteiger partial charge in [-0.15, -0.1) is 0 Å². The van der Waals surface area contributed by atoms with Gasteiger partial charge in [0.1, 0.15) is 5.75 Å². The molecule has 0 saturated carbocycles. The maximum Gasteiger partial charge on any atom is 0.127 e. The van der Waals surface area contributed by atoms with E-state index in [2.05, 4.69) is 52.8 Å². The molecule has 0 aliphatic heterocycles. The Hall–Kier alpha value is -1.06. The summed E-state index contributed by atoms with van der Waals surface area (Å²) in [7, 11) is 5.96. The van der Waals surface area contributed by atoms with Crippen molar-refractivity contribution in [2.45, 2.75) is 33.7 Å². The highest BCUT2D eigenvalue weighted by Crippen LogP contribution is 2.39. The van der Waals surface area contributed by atoms with E-state index in [-0.39, 0.29) is 6.04 Å². The molecule has 1 aromatic carbocycles. The number of nitrogens with zero attached hydrogens (tertiary/aromatic N) is 1. The van der Waals surface area contributed by atoms with Crippen LogP contribution in [0.2, 0.25) is 0 Å². The van der Waals surface area contributed by atoms with Gasteiger partial charge in [0.2, 0.25) is 0 Å². The standard InChI is InChI=1S/C16H28N2O/c1-10-8-11(2)14(16(19-7)13(10)4)15(18(5)6)12(3)9-17/h8,12,15H,9,17H2,1-7H3. The molecule has 0 bridgehead atoms. The molecule has 3 nitrogen and oxygen atoms in total. The van der Waals surface area contributed by atoms with Crippen LogP contribution in [-0.4, -0.2) is 32.6 Å². The number of ether oxygens (including phenoxy) is 1. The Kier molecular flexibility index (Phi) is 5.39. The van der Waals surface area contributed by atoms with E-state index in [4.69, 9.17) is 10.5 Å². The van der Waals surface area contributed by atoms with E-state index >= 15 is 0 Å². The fourth-order valence-electron chi connectivity index (χ4n) is 2.88. The van der Waals surface area contributed by atoms with Crippen LogP contribution in [0.3, 0.4) is 0 Å². The first-order chi connectivity index (χ1) is 8.84. The molecule has 1 rings (SSSR count). The zero-order chi connectivity index (χ0) is 14.7. The molecule has 108 valence electrons. The summed E-state index contributed by atoms with van der Waals surface area (Å²) in [5.74, 6) is 1.39. The monoisotopic (exact) mass is 264 g/mol. The van der Waals surface area contributed by atoms with Gasteiger partial charge in [-0.25, -0.2) is 0 Å². The lowest BCUT2D eigenvalue weighted by molar-refractivity contribution is 0.220. The Balaban J connectivity index is 3.50. The van der Waals surface area contributed by atoms with Crippen molar-refractivity contribution in [1.82, 2.24) is 4.90 Å². The molecule has 19 heavy (non-hydrogen) atoms. The molecule has 0 saturated heterocycles. The van der Waals surface area contributed by atoms with Crippen molar-refractivity contribution < 1.29 is 4.74 Å². The number of nitrogens with two attached hydrogens (primary N) is 1. The number of hydrogen-bond donors (Lipinski definition) is 1. The van der Waals surface area contributed by atoms with Crippen LogP contribution >= 0.6 is 0 Å². The highest BCUT2D eigenvalue weighted by molar-refractivity contribution is 5.51. The van der Waals surface area contributed by atoms with E-state index < -0.39 is 0 Å². The molecule has 0 aromatic heterocycles. The summed E-state index contributed by atoms with van der Waals surface area (Å²) in [6, 6.07) is 2.52. The number of benzene rings is 1. The SMILES string of the molecule is COc1c(C)c(C)cc(C)c1C(C(C)CN)N(C)C. The van der Waals surface area contributed by atoms with Gasteiger partial charge in [0.15, 0.2) is 0 Å². The molecule has 0 aliphatic rings. The lowest BCUT2D eigenvalue weighted by atomic mass is 9.87. The third-order valence-corrected chi connectivity index (χ3v) is 4.00. The molecular weight excluding hydrogens is 236 g/mol. The number of aryl methyl sites for hydroxylation is 2. The summed E-state index contributed by atoms with van der Waals surface area (Å²) in [5.41, 5.74) is 10.9. The smallest absolute Gasteiger partial charge is 0.127 e. The minimum atomic E-state index is 0.277. The summed E-state index contributed by atoms with van der Waals surface area (Å²) >= 11 is 0. The number of methoxy groups -OCH3 is 1. The summed E-state index contributed by atoms with van der Waals surface area (Å²) < 4.78 is 5.70. The Morgan fingerprint density at radius 1 is 1.21 bits per heavy atom. The molecule has 0 fully saturated rings. The van der Waals surface area contributed by atoms with Crippen molar-refractivity contribution in [1.29, 1.82) is 0 Å². The van der Waals surface area contributed by atoms with E-state index in [1.54, 1.807) is 7.11 Å². The van der Waals surface area contributed by atoms with Gasteiger partial charge in [0, 0.05) is 11.6 Å². The molecule has 2 N–H and O–H groups in total. The van der Waals surface area contributed by atoms with Crippen molar-refractivity contribution in [2.75, 3.05) is 27.7 Å². The number of hydrogen-bond acceptors (Lipinski definition) is 3. The lowest BCUT2D eigenvalue weighted by Gasteiger charge is -2.33. The average molecular weight is 264 g/mol. The Labute approximate surface area is 117 Å². The van der Waals surface area contributed by atoms with E-state index in [9.17, 15) is 0 Å². The van der Waals surface area contributed by atoms with Gasteiger partial charge in [0.05, 0.1) is 7.11 Å². The van der Waals surface area contributed by atoms with Crippen LogP contribution in [0.25, 0.3) is 0 Å². The summed E-state index contributed by atoms with van der Waals surface area (Å²) in [6.07, 6.45) is 0. The van der Waals surface area contributed by atoms with Crippen molar-refractivity contribution in [3.05, 3.63) is 28.3 Å². The van der Waals surface area contributed by atoms with Crippen molar-refractivity contribution in [3.63, 3.8) is 0 Å². The second-order valence-electron chi connectivity index (χ2n) is 5.70. The molecular formula is C16H28N2O. The number of rotatable bonds is 5. The third-order valence-electron chi connectivity index (χ3n) is 4.00. The van der Waals surface area contributed by atoms with Crippen LogP contribution in [0.1, 0.15) is 35.2 Å². The maximum absolute atomic E-state index is 5.89. The maximum atomic E-state index is 5.89. The average Bonchev–Trinajstić information content (AvgIpc) is 2.35. The Bertz CT molecular complexity index is 441. The summed E-state index contributed by atoms with van der Waals surface area (Å²) in [6.45, 7) is 9.27. The van der Waals surface area contributed by atoms with Crippen LogP contribution in [0.15, 0.2) is 6.07 Å². The third kappa shape index (κ3) is 3.10. The molecule has 2 unspecified atom stereocenters. The molecule has 0 aliphatic carbocycles. The molecule has 0 spiro atoms. The Morgan fingerprint density at radius 3 is 2.21 bits per heavy atom. The van der Waals surface area contributed by atoms with Crippen LogP contribution in [0, 0.1) is 26.7 Å². The van der Waals surface area contributed by atoms with E-state index in [0.717, 1.165) is 5.75 Å². The summed E-state index contributed by atoms with van der Waals surface area (Å²) in [4.78, 5) is 2.23. The summed E-state index contributed by atoms with van der Waals surface area (Å²) in [5, 5.41) is 0. The van der Waals surface area contributed by atoms with E-state index in [1.165, 1.54) is 22.3 Å². The molecule has 3 heteroatoms. The second-order valence-corrected chi connectivity index (χ2v) is 5.70. The minimum Gasteiger partial charge on any atom is -0.496 e. The van der Waals surface area contributed by atoms with Gasteiger partial charge in [-0.3, -0.25) is 0 Å². The largest absolute Gasteiger partial charge is 0.496 e. The lowest BCUT2D eigenvalue weighted by Crippen LogP contribution is -2.31. The first-order valence-corrected chi connectivity index (χ1v) is 6.86. The zero-order valence-electron chi connectivity index (χ0n) is 13.4. The van der Waals surface area contributed by atoms with Gasteiger partial charge in [-0.1, -0.05) is 13.0 Å². The zero-order valence-corrected chi connectivity index (χ0v) is 13.4. The van der Waals surface area contributed by atoms with Gasteiger partial charge in [-0.2, -0.15) is 0 Å². The molecule has 0 heterocycles. The quantitative estimate of drug-likeness (QED) is 0.888. The first-order valence-electron chi connectivity index (χ1n) is 6.86. The topological polar surface area (TPSA) is 38.5 Å². The van der Waals surface area contributed by atoms with Crippen molar-refractivity contribution in [3.8, 4) is 5.75 Å². The van der Waals surface area contributed by atoms with Gasteiger partial charge in [-0.05, 0) is 64.0 Å². The predicted molar refractivity (Wildman–Crippen MR) is 81.9 cm³/mol. The minimum absolute atomic E-state index is 0.277. The highest BCUT2D eigenvalue weighted by atomic mass is 16.5. The van der Waals surface area contributed by atoms with Gasteiger partial charge >= 0.3 is 0 Å². The van der Waals surface area contributed by atoms with Crippen molar-refractivity contribution in [2.24, 2.45) is 11.7 Å². The van der Waals surface area contributed by atoms with E-state index in [1.807, 2.05) is 0 Å². The first kappa shape index (κ1) is 16.0. The van der Waals surface area contributed by atoms with E-state index in [0.29, 0.717) is 12.5 Å². The molecule has 1 aromatic rings. The predicted octanol–water partition coefficient (Wildman–Crippen LogP) is 2.82. The molecule has 2 atom stereocenters. The highest BCUT2D eigenvalue weighted by Gasteiger charge is 2.27. The van der Waals surface area contributed by atoms with Crippen LogP contribution in [0.4, 0.5) is 0 Å². The fraction of sp³-hybridized carbons (Fsp3) is 0.625.